The summed E-state index contributed by atoms with van der Waals surface area (Å²) in [6.45, 7) is 4.52. The van der Waals surface area contributed by atoms with Gasteiger partial charge < -0.3 is 9.47 Å². The van der Waals surface area contributed by atoms with Gasteiger partial charge in [-0.25, -0.2) is 0 Å². The molecule has 4 rings (SSSR count). The molecule has 0 spiro atoms. The maximum Gasteiger partial charge on any atom is 0.219 e. The smallest absolute Gasteiger partial charge is 0.219 e. The minimum atomic E-state index is 0.209. The normalized spacial score (nSPS) is 16.3. The van der Waals surface area contributed by atoms with Gasteiger partial charge >= 0.3 is 0 Å². The molecule has 0 atom stereocenters. The van der Waals surface area contributed by atoms with E-state index in [-0.39, 0.29) is 5.91 Å². The van der Waals surface area contributed by atoms with E-state index in [1.54, 1.807) is 6.92 Å². The Morgan fingerprint density at radius 3 is 2.00 bits per heavy atom. The van der Waals surface area contributed by atoms with Crippen molar-refractivity contribution in [1.82, 2.24) is 9.47 Å². The first-order chi connectivity index (χ1) is 11.2. The summed E-state index contributed by atoms with van der Waals surface area (Å²) in [5, 5.41) is 2.67. The molecule has 23 heavy (non-hydrogen) atoms. The van der Waals surface area contributed by atoms with Crippen LogP contribution in [0, 0.1) is 5.92 Å². The average Bonchev–Trinajstić information content (AvgIpc) is 2.90. The Labute approximate surface area is 136 Å². The molecule has 1 amide bonds. The number of rotatable bonds is 2. The van der Waals surface area contributed by atoms with Crippen LogP contribution in [0.3, 0.4) is 0 Å². The minimum Gasteiger partial charge on any atom is -0.343 e. The molecule has 1 fully saturated rings. The van der Waals surface area contributed by atoms with Crippen LogP contribution in [-0.4, -0.2) is 28.5 Å². The highest BCUT2D eigenvalue weighted by Gasteiger charge is 2.22. The number of aromatic nitrogens is 1. The van der Waals surface area contributed by atoms with Crippen molar-refractivity contribution in [2.75, 3.05) is 13.1 Å². The van der Waals surface area contributed by atoms with Crippen molar-refractivity contribution in [1.29, 1.82) is 0 Å². The molecule has 0 N–H and O–H groups in total. The zero-order chi connectivity index (χ0) is 15.8. The molecule has 0 bridgehead atoms. The Kier molecular flexibility index (Phi) is 3.56. The van der Waals surface area contributed by atoms with Crippen LogP contribution in [0.4, 0.5) is 0 Å². The van der Waals surface area contributed by atoms with E-state index >= 15 is 0 Å². The van der Waals surface area contributed by atoms with Crippen LogP contribution in [0.25, 0.3) is 21.8 Å². The number of nitrogens with zero attached hydrogens (tertiary/aromatic N) is 2. The van der Waals surface area contributed by atoms with Gasteiger partial charge in [-0.3, -0.25) is 4.79 Å². The molecule has 0 radical (unpaired) electrons. The molecule has 2 heterocycles. The van der Waals surface area contributed by atoms with Gasteiger partial charge in [0.15, 0.2) is 0 Å². The number of amides is 1. The van der Waals surface area contributed by atoms with Gasteiger partial charge in [0.25, 0.3) is 0 Å². The lowest BCUT2D eigenvalue weighted by Crippen LogP contribution is -2.37. The van der Waals surface area contributed by atoms with Crippen molar-refractivity contribution in [3.63, 3.8) is 0 Å². The number of likely N-dealkylation sites (tertiary alicyclic amines) is 1. The number of hydrogen-bond donors (Lipinski definition) is 0. The highest BCUT2D eigenvalue weighted by atomic mass is 16.2. The van der Waals surface area contributed by atoms with E-state index in [1.807, 2.05) is 4.90 Å². The van der Waals surface area contributed by atoms with Crippen molar-refractivity contribution in [2.45, 2.75) is 26.3 Å². The summed E-state index contributed by atoms with van der Waals surface area (Å²) in [5.41, 5.74) is 2.64. The van der Waals surface area contributed by atoms with Crippen LogP contribution in [0.5, 0.6) is 0 Å². The summed E-state index contributed by atoms with van der Waals surface area (Å²) < 4.78 is 2.47. The van der Waals surface area contributed by atoms with Crippen LogP contribution in [-0.2, 0) is 11.3 Å². The summed E-state index contributed by atoms with van der Waals surface area (Å²) in [4.78, 5) is 13.5. The van der Waals surface area contributed by atoms with Gasteiger partial charge in [-0.05, 0) is 30.9 Å². The van der Waals surface area contributed by atoms with E-state index in [1.165, 1.54) is 21.8 Å². The van der Waals surface area contributed by atoms with Gasteiger partial charge in [-0.15, -0.1) is 0 Å². The number of benzene rings is 2. The maximum absolute atomic E-state index is 11.5. The lowest BCUT2D eigenvalue weighted by atomic mass is 9.96. The zero-order valence-corrected chi connectivity index (χ0v) is 13.5. The Hall–Kier alpha value is -2.29. The molecule has 1 saturated heterocycles. The second-order valence-electron chi connectivity index (χ2n) is 6.59. The van der Waals surface area contributed by atoms with Gasteiger partial charge in [0, 0.05) is 48.4 Å². The molecule has 0 saturated carbocycles. The third-order valence-electron chi connectivity index (χ3n) is 5.18. The molecule has 3 aromatic rings. The highest BCUT2D eigenvalue weighted by molar-refractivity contribution is 6.07. The number of carbonyl (C=O) groups excluding carboxylic acids is 1. The Morgan fingerprint density at radius 1 is 0.957 bits per heavy atom. The zero-order valence-electron chi connectivity index (χ0n) is 13.5. The van der Waals surface area contributed by atoms with E-state index in [2.05, 4.69) is 53.1 Å². The van der Waals surface area contributed by atoms with E-state index < -0.39 is 0 Å². The predicted molar refractivity (Wildman–Crippen MR) is 94.4 cm³/mol. The topological polar surface area (TPSA) is 25.2 Å². The SMILES string of the molecule is CC(=O)N1CCC(Cn2c3ccccc3c3ccccc32)CC1. The van der Waals surface area contributed by atoms with Crippen LogP contribution in [0.1, 0.15) is 19.8 Å². The molecule has 2 aromatic carbocycles. The Balaban J connectivity index is 1.67. The minimum absolute atomic E-state index is 0.209. The standard InChI is InChI=1S/C20H22N2O/c1-15(23)21-12-10-16(11-13-21)14-22-19-8-4-2-6-17(19)18-7-3-5-9-20(18)22/h2-9,16H,10-14H2,1H3. The first kappa shape index (κ1) is 14.3. The van der Waals surface area contributed by atoms with Gasteiger partial charge in [-0.2, -0.15) is 0 Å². The summed E-state index contributed by atoms with van der Waals surface area (Å²) in [5.74, 6) is 0.852. The number of piperidine rings is 1. The maximum atomic E-state index is 11.5. The third kappa shape index (κ3) is 2.50. The number of fused-ring (bicyclic) bond motifs is 3. The van der Waals surface area contributed by atoms with Crippen molar-refractivity contribution < 1.29 is 4.79 Å². The molecular formula is C20H22N2O. The summed E-state index contributed by atoms with van der Waals surface area (Å²) in [6.07, 6.45) is 2.20. The average molecular weight is 306 g/mol. The van der Waals surface area contributed by atoms with Crippen LogP contribution in [0.15, 0.2) is 48.5 Å². The highest BCUT2D eigenvalue weighted by Crippen LogP contribution is 2.31. The first-order valence-electron chi connectivity index (χ1n) is 8.45. The monoisotopic (exact) mass is 306 g/mol. The van der Waals surface area contributed by atoms with Crippen molar-refractivity contribution in [3.8, 4) is 0 Å². The van der Waals surface area contributed by atoms with E-state index in [0.717, 1.165) is 32.5 Å². The van der Waals surface area contributed by atoms with Crippen LogP contribution in [0.2, 0.25) is 0 Å². The number of carbonyl (C=O) groups is 1. The molecule has 118 valence electrons. The van der Waals surface area contributed by atoms with Gasteiger partial charge in [0.05, 0.1) is 0 Å². The second-order valence-corrected chi connectivity index (χ2v) is 6.59. The predicted octanol–water partition coefficient (Wildman–Crippen LogP) is 4.05. The van der Waals surface area contributed by atoms with Gasteiger partial charge in [0.2, 0.25) is 5.91 Å². The third-order valence-corrected chi connectivity index (χ3v) is 5.18. The molecule has 1 aliphatic heterocycles. The lowest BCUT2D eigenvalue weighted by Gasteiger charge is -2.31. The molecule has 0 unspecified atom stereocenters. The number of hydrogen-bond acceptors (Lipinski definition) is 1. The van der Waals surface area contributed by atoms with Crippen molar-refractivity contribution >= 4 is 27.7 Å². The van der Waals surface area contributed by atoms with Crippen LogP contribution < -0.4 is 0 Å². The van der Waals surface area contributed by atoms with E-state index in [4.69, 9.17) is 0 Å². The second kappa shape index (κ2) is 5.73. The fourth-order valence-corrected chi connectivity index (χ4v) is 3.89. The van der Waals surface area contributed by atoms with Crippen molar-refractivity contribution in [2.24, 2.45) is 5.92 Å². The quantitative estimate of drug-likeness (QED) is 0.701. The largest absolute Gasteiger partial charge is 0.343 e. The number of para-hydroxylation sites is 2. The van der Waals surface area contributed by atoms with E-state index in [9.17, 15) is 4.79 Å². The Morgan fingerprint density at radius 2 is 1.48 bits per heavy atom. The first-order valence-corrected chi connectivity index (χ1v) is 8.45. The summed E-state index contributed by atoms with van der Waals surface area (Å²) in [7, 11) is 0. The lowest BCUT2D eigenvalue weighted by molar-refractivity contribution is -0.130. The van der Waals surface area contributed by atoms with Gasteiger partial charge in [0.1, 0.15) is 0 Å². The molecule has 1 aromatic heterocycles. The summed E-state index contributed by atoms with van der Waals surface area (Å²) in [6, 6.07) is 17.3. The molecular weight excluding hydrogens is 284 g/mol. The van der Waals surface area contributed by atoms with E-state index in [0.29, 0.717) is 5.92 Å². The molecule has 3 nitrogen and oxygen atoms in total. The van der Waals surface area contributed by atoms with Crippen molar-refractivity contribution in [3.05, 3.63) is 48.5 Å². The summed E-state index contributed by atoms with van der Waals surface area (Å²) >= 11 is 0. The molecule has 3 heteroatoms. The molecule has 0 aliphatic carbocycles. The van der Waals surface area contributed by atoms with Crippen LogP contribution >= 0.6 is 0 Å². The Bertz CT molecular complexity index is 803. The molecule has 1 aliphatic rings. The fourth-order valence-electron chi connectivity index (χ4n) is 3.89. The van der Waals surface area contributed by atoms with Gasteiger partial charge in [-0.1, -0.05) is 36.4 Å². The fraction of sp³-hybridized carbons (Fsp3) is 0.350.